The normalized spacial score (nSPS) is 16.0. The van der Waals surface area contributed by atoms with Crippen LogP contribution >= 0.6 is 11.6 Å². The van der Waals surface area contributed by atoms with Gasteiger partial charge in [0.25, 0.3) is 15.9 Å². The zero-order chi connectivity index (χ0) is 21.9. The number of hydrogen-bond acceptors (Lipinski definition) is 4. The lowest BCUT2D eigenvalue weighted by Gasteiger charge is -2.25. The average molecular weight is 450 g/mol. The fourth-order valence-electron chi connectivity index (χ4n) is 2.94. The second-order valence-corrected chi connectivity index (χ2v) is 9.59. The lowest BCUT2D eigenvalue weighted by molar-refractivity contribution is -0.128. The summed E-state index contributed by atoms with van der Waals surface area (Å²) in [6, 6.07) is 12.6. The van der Waals surface area contributed by atoms with Crippen LogP contribution in [0.1, 0.15) is 26.7 Å². The number of carbonyl (C=O) groups excluding carboxylic acids is 1. The highest BCUT2D eigenvalue weighted by Gasteiger charge is 2.30. The van der Waals surface area contributed by atoms with Crippen LogP contribution in [0.2, 0.25) is 5.02 Å². The van der Waals surface area contributed by atoms with Crippen molar-refractivity contribution in [1.29, 1.82) is 0 Å². The van der Waals surface area contributed by atoms with Gasteiger partial charge in [-0.05, 0) is 68.8 Å². The summed E-state index contributed by atoms with van der Waals surface area (Å²) in [5.74, 6) is 0.700. The number of hydrogen-bond donors (Lipinski definition) is 1. The van der Waals surface area contributed by atoms with Gasteiger partial charge in [0.15, 0.2) is 5.60 Å². The number of carbonyl (C=O) groups is 1. The summed E-state index contributed by atoms with van der Waals surface area (Å²) < 4.78 is 34.7. The predicted molar refractivity (Wildman–Crippen MR) is 118 cm³/mol. The molecular formula is C21H24ClN3O4S. The van der Waals surface area contributed by atoms with Crippen molar-refractivity contribution < 1.29 is 17.9 Å². The fraction of sp³-hybridized carbons (Fsp3) is 0.333. The van der Waals surface area contributed by atoms with E-state index in [4.69, 9.17) is 16.3 Å². The molecule has 7 nitrogen and oxygen atoms in total. The SMILES string of the molecule is CN1CCCC1=NS(=O)(=O)c1ccc(NC(=O)C(C)(C)Oc2ccc(Cl)cc2)cc1. The van der Waals surface area contributed by atoms with Crippen molar-refractivity contribution in [2.24, 2.45) is 4.40 Å². The summed E-state index contributed by atoms with van der Waals surface area (Å²) in [5.41, 5.74) is -0.699. The minimum absolute atomic E-state index is 0.0740. The van der Waals surface area contributed by atoms with Gasteiger partial charge in [0, 0.05) is 30.7 Å². The maximum Gasteiger partial charge on any atom is 0.283 e. The number of amidine groups is 1. The number of sulfonamides is 1. The Morgan fingerprint density at radius 3 is 2.33 bits per heavy atom. The molecule has 1 aliphatic rings. The van der Waals surface area contributed by atoms with Crippen molar-refractivity contribution in [3.05, 3.63) is 53.6 Å². The van der Waals surface area contributed by atoms with E-state index in [0.717, 1.165) is 13.0 Å². The lowest BCUT2D eigenvalue weighted by atomic mass is 10.1. The number of nitrogens with zero attached hydrogens (tertiary/aromatic N) is 2. The Labute approximate surface area is 181 Å². The van der Waals surface area contributed by atoms with E-state index in [2.05, 4.69) is 9.71 Å². The second-order valence-electron chi connectivity index (χ2n) is 7.55. The first-order valence-electron chi connectivity index (χ1n) is 9.48. The van der Waals surface area contributed by atoms with Crippen molar-refractivity contribution in [3.63, 3.8) is 0 Å². The van der Waals surface area contributed by atoms with Gasteiger partial charge >= 0.3 is 0 Å². The highest BCUT2D eigenvalue weighted by atomic mass is 35.5. The summed E-state index contributed by atoms with van der Waals surface area (Å²) in [7, 11) is -1.97. The van der Waals surface area contributed by atoms with Crippen molar-refractivity contribution in [2.45, 2.75) is 37.2 Å². The number of benzene rings is 2. The van der Waals surface area contributed by atoms with Crippen LogP contribution < -0.4 is 10.1 Å². The first-order valence-corrected chi connectivity index (χ1v) is 11.3. The molecule has 0 aliphatic carbocycles. The Morgan fingerprint density at radius 2 is 1.77 bits per heavy atom. The van der Waals surface area contributed by atoms with E-state index in [-0.39, 0.29) is 10.8 Å². The van der Waals surface area contributed by atoms with Crippen LogP contribution in [0, 0.1) is 0 Å². The number of likely N-dealkylation sites (tertiary alicyclic amines) is 1. The van der Waals surface area contributed by atoms with E-state index in [1.165, 1.54) is 24.3 Å². The van der Waals surface area contributed by atoms with Gasteiger partial charge in [-0.1, -0.05) is 11.6 Å². The highest BCUT2D eigenvalue weighted by molar-refractivity contribution is 7.90. The van der Waals surface area contributed by atoms with Gasteiger partial charge in [-0.25, -0.2) is 0 Å². The van der Waals surface area contributed by atoms with E-state index in [9.17, 15) is 13.2 Å². The molecule has 1 fully saturated rings. The van der Waals surface area contributed by atoms with E-state index >= 15 is 0 Å². The van der Waals surface area contributed by atoms with Crippen LogP contribution in [0.15, 0.2) is 57.8 Å². The summed E-state index contributed by atoms with van der Waals surface area (Å²) in [6.07, 6.45) is 1.54. The third kappa shape index (κ3) is 5.31. The number of amides is 1. The summed E-state index contributed by atoms with van der Waals surface area (Å²) in [6.45, 7) is 4.08. The molecule has 30 heavy (non-hydrogen) atoms. The number of nitrogens with one attached hydrogen (secondary N) is 1. The molecule has 0 saturated carbocycles. The van der Waals surface area contributed by atoms with Crippen molar-refractivity contribution >= 4 is 39.1 Å². The maximum absolute atomic E-state index is 12.6. The molecule has 1 amide bonds. The maximum atomic E-state index is 12.6. The molecule has 0 unspecified atom stereocenters. The van der Waals surface area contributed by atoms with Crippen LogP contribution in [-0.4, -0.2) is 44.3 Å². The first kappa shape index (κ1) is 22.1. The first-order chi connectivity index (χ1) is 14.1. The van der Waals surface area contributed by atoms with E-state index in [1.807, 2.05) is 11.9 Å². The summed E-state index contributed by atoms with van der Waals surface area (Å²) >= 11 is 5.86. The van der Waals surface area contributed by atoms with Crippen LogP contribution in [-0.2, 0) is 14.8 Å². The number of halogens is 1. The van der Waals surface area contributed by atoms with E-state index in [1.54, 1.807) is 38.1 Å². The molecule has 0 bridgehead atoms. The van der Waals surface area contributed by atoms with Gasteiger partial charge in [-0.3, -0.25) is 4.79 Å². The zero-order valence-corrected chi connectivity index (χ0v) is 18.6. The molecule has 9 heteroatoms. The largest absolute Gasteiger partial charge is 0.478 e. The average Bonchev–Trinajstić information content (AvgIpc) is 3.08. The molecule has 1 aliphatic heterocycles. The molecule has 160 valence electrons. The van der Waals surface area contributed by atoms with E-state index < -0.39 is 15.6 Å². The monoisotopic (exact) mass is 449 g/mol. The van der Waals surface area contributed by atoms with Crippen LogP contribution in [0.25, 0.3) is 0 Å². The van der Waals surface area contributed by atoms with Crippen LogP contribution in [0.5, 0.6) is 5.75 Å². The molecule has 0 aromatic heterocycles. The predicted octanol–water partition coefficient (Wildman–Crippen LogP) is 3.95. The Kier molecular flexibility index (Phi) is 6.38. The Bertz CT molecular complexity index is 1050. The molecular weight excluding hydrogens is 426 g/mol. The minimum atomic E-state index is -3.80. The van der Waals surface area contributed by atoms with Gasteiger partial charge in [-0.15, -0.1) is 4.40 Å². The van der Waals surface area contributed by atoms with Crippen molar-refractivity contribution in [3.8, 4) is 5.75 Å². The van der Waals surface area contributed by atoms with Gasteiger partial charge in [0.2, 0.25) is 0 Å². The Balaban J connectivity index is 1.68. The third-order valence-corrected chi connectivity index (χ3v) is 6.27. The summed E-state index contributed by atoms with van der Waals surface area (Å²) in [4.78, 5) is 14.6. The van der Waals surface area contributed by atoms with Crippen molar-refractivity contribution in [2.75, 3.05) is 18.9 Å². The Morgan fingerprint density at radius 1 is 1.13 bits per heavy atom. The quantitative estimate of drug-likeness (QED) is 0.721. The lowest BCUT2D eigenvalue weighted by Crippen LogP contribution is -2.42. The number of rotatable bonds is 6. The second kappa shape index (κ2) is 8.65. The molecule has 2 aromatic carbocycles. The topological polar surface area (TPSA) is 88.1 Å². The smallest absolute Gasteiger partial charge is 0.283 e. The molecule has 0 atom stereocenters. The third-order valence-electron chi connectivity index (χ3n) is 4.70. The molecule has 1 saturated heterocycles. The van der Waals surface area contributed by atoms with Gasteiger partial charge in [-0.2, -0.15) is 8.42 Å². The van der Waals surface area contributed by atoms with Crippen LogP contribution in [0.4, 0.5) is 5.69 Å². The molecule has 3 rings (SSSR count). The number of anilines is 1. The zero-order valence-electron chi connectivity index (χ0n) is 17.1. The van der Waals surface area contributed by atoms with Gasteiger partial charge in [0.1, 0.15) is 11.6 Å². The van der Waals surface area contributed by atoms with E-state index in [0.29, 0.717) is 28.7 Å². The molecule has 2 aromatic rings. The molecule has 1 N–H and O–H groups in total. The fourth-order valence-corrected chi connectivity index (χ4v) is 4.16. The number of ether oxygens (including phenoxy) is 1. The Hall–Kier alpha value is -2.58. The molecule has 1 heterocycles. The van der Waals surface area contributed by atoms with Crippen LogP contribution in [0.3, 0.4) is 0 Å². The summed E-state index contributed by atoms with van der Waals surface area (Å²) in [5, 5.41) is 3.32. The highest BCUT2D eigenvalue weighted by Crippen LogP contribution is 2.23. The van der Waals surface area contributed by atoms with Gasteiger partial charge < -0.3 is 15.0 Å². The van der Waals surface area contributed by atoms with Crippen molar-refractivity contribution in [1.82, 2.24) is 4.90 Å². The molecule has 0 spiro atoms. The molecule has 0 radical (unpaired) electrons. The standard InChI is InChI=1S/C21H24ClN3O4S/c1-21(2,29-17-10-6-15(22)7-11-17)20(26)23-16-8-12-18(13-9-16)30(27,28)24-19-5-4-14-25(19)3/h6-13H,4-5,14H2,1-3H3,(H,23,26). The van der Waals surface area contributed by atoms with Gasteiger partial charge in [0.05, 0.1) is 4.90 Å². The minimum Gasteiger partial charge on any atom is -0.478 e.